The lowest BCUT2D eigenvalue weighted by atomic mass is 10.2. The zero-order chi connectivity index (χ0) is 15.7. The fourth-order valence-corrected chi connectivity index (χ4v) is 1.92. The van der Waals surface area contributed by atoms with E-state index >= 15 is 0 Å². The molecular formula is C8H8F5N3O3S. The molecule has 0 aliphatic carbocycles. The largest absolute Gasteiger partial charge is 0.573 e. The Hall–Kier alpha value is -1.53. The summed E-state index contributed by atoms with van der Waals surface area (Å²) in [5, 5.41) is 3.19. The average molecular weight is 321 g/mol. The van der Waals surface area contributed by atoms with Gasteiger partial charge >= 0.3 is 6.36 Å². The van der Waals surface area contributed by atoms with Gasteiger partial charge in [-0.1, -0.05) is 0 Å². The highest BCUT2D eigenvalue weighted by molar-refractivity contribution is 7.89. The van der Waals surface area contributed by atoms with Gasteiger partial charge in [-0.05, 0) is 6.07 Å². The summed E-state index contributed by atoms with van der Waals surface area (Å²) in [5.74, 6) is -1.66. The first kappa shape index (κ1) is 16.5. The topological polar surface area (TPSA) is 108 Å². The molecule has 1 heterocycles. The van der Waals surface area contributed by atoms with Crippen molar-refractivity contribution in [3.8, 4) is 5.75 Å². The smallest absolute Gasteiger partial charge is 0.402 e. The SMILES string of the molecule is NCc1cc(C(F)F)c(OC(F)(F)F)c(S(N)(=O)=O)n1. The van der Waals surface area contributed by atoms with Crippen molar-refractivity contribution in [3.05, 3.63) is 17.3 Å². The van der Waals surface area contributed by atoms with Crippen LogP contribution in [0.2, 0.25) is 0 Å². The quantitative estimate of drug-likeness (QED) is 0.805. The summed E-state index contributed by atoms with van der Waals surface area (Å²) in [5.41, 5.74) is 3.41. The Morgan fingerprint density at radius 2 is 1.90 bits per heavy atom. The molecule has 0 aliphatic rings. The Morgan fingerprint density at radius 1 is 1.35 bits per heavy atom. The van der Waals surface area contributed by atoms with Crippen molar-refractivity contribution in [2.45, 2.75) is 24.4 Å². The van der Waals surface area contributed by atoms with E-state index in [4.69, 9.17) is 5.73 Å². The number of aromatic nitrogens is 1. The number of hydrogen-bond donors (Lipinski definition) is 2. The predicted octanol–water partition coefficient (Wildman–Crippen LogP) is 1.02. The van der Waals surface area contributed by atoms with Crippen LogP contribution in [-0.2, 0) is 16.6 Å². The molecule has 4 N–H and O–H groups in total. The first-order chi connectivity index (χ1) is 8.95. The van der Waals surface area contributed by atoms with E-state index in [-0.39, 0.29) is 5.69 Å². The van der Waals surface area contributed by atoms with Crippen molar-refractivity contribution in [1.82, 2.24) is 4.98 Å². The van der Waals surface area contributed by atoms with Crippen molar-refractivity contribution in [2.24, 2.45) is 10.9 Å². The molecule has 1 rings (SSSR count). The van der Waals surface area contributed by atoms with Crippen LogP contribution < -0.4 is 15.6 Å². The lowest BCUT2D eigenvalue weighted by molar-refractivity contribution is -0.276. The van der Waals surface area contributed by atoms with E-state index in [0.717, 1.165) is 0 Å². The summed E-state index contributed by atoms with van der Waals surface area (Å²) in [6.07, 6.45) is -8.84. The average Bonchev–Trinajstić information content (AvgIpc) is 2.25. The molecular weight excluding hydrogens is 313 g/mol. The van der Waals surface area contributed by atoms with E-state index < -0.39 is 45.7 Å². The molecule has 0 bridgehead atoms. The summed E-state index contributed by atoms with van der Waals surface area (Å²) in [6.45, 7) is -0.478. The molecule has 0 aliphatic heterocycles. The predicted molar refractivity (Wildman–Crippen MR) is 55.1 cm³/mol. The molecule has 0 saturated carbocycles. The van der Waals surface area contributed by atoms with Crippen molar-refractivity contribution >= 4 is 10.0 Å². The zero-order valence-corrected chi connectivity index (χ0v) is 10.3. The van der Waals surface area contributed by atoms with Crippen molar-refractivity contribution < 1.29 is 35.1 Å². The molecule has 12 heteroatoms. The number of rotatable bonds is 4. The van der Waals surface area contributed by atoms with Crippen LogP contribution in [0.5, 0.6) is 5.75 Å². The van der Waals surface area contributed by atoms with Gasteiger partial charge in [-0.2, -0.15) is 0 Å². The number of alkyl halides is 5. The second-order valence-electron chi connectivity index (χ2n) is 3.43. The molecule has 1 aromatic rings. The van der Waals surface area contributed by atoms with Crippen LogP contribution in [0.1, 0.15) is 17.7 Å². The molecule has 0 amide bonds. The fraction of sp³-hybridized carbons (Fsp3) is 0.375. The molecule has 0 spiro atoms. The van der Waals surface area contributed by atoms with Crippen LogP contribution >= 0.6 is 0 Å². The third-order valence-corrected chi connectivity index (χ3v) is 2.77. The zero-order valence-electron chi connectivity index (χ0n) is 9.49. The molecule has 6 nitrogen and oxygen atoms in total. The molecule has 0 fully saturated rings. The van der Waals surface area contributed by atoms with Gasteiger partial charge in [-0.3, -0.25) is 0 Å². The molecule has 0 unspecified atom stereocenters. The Morgan fingerprint density at radius 3 is 2.25 bits per heavy atom. The second-order valence-corrected chi connectivity index (χ2v) is 4.91. The maximum absolute atomic E-state index is 12.7. The number of ether oxygens (including phenoxy) is 1. The summed E-state index contributed by atoms with van der Waals surface area (Å²) in [6, 6.07) is 0.514. The molecule has 0 atom stereocenters. The van der Waals surface area contributed by atoms with Gasteiger partial charge in [0.2, 0.25) is 5.03 Å². The molecule has 0 aromatic carbocycles. The van der Waals surface area contributed by atoms with Gasteiger partial charge < -0.3 is 10.5 Å². The third kappa shape index (κ3) is 3.98. The molecule has 114 valence electrons. The highest BCUT2D eigenvalue weighted by Crippen LogP contribution is 2.37. The van der Waals surface area contributed by atoms with Gasteiger partial charge in [0.05, 0.1) is 11.3 Å². The summed E-state index contributed by atoms with van der Waals surface area (Å²) < 4.78 is 87.7. The maximum atomic E-state index is 12.7. The summed E-state index contributed by atoms with van der Waals surface area (Å²) >= 11 is 0. The van der Waals surface area contributed by atoms with Crippen LogP contribution in [0.25, 0.3) is 0 Å². The first-order valence-corrected chi connectivity index (χ1v) is 6.31. The molecule has 1 aromatic heterocycles. The van der Waals surface area contributed by atoms with E-state index in [0.29, 0.717) is 6.07 Å². The van der Waals surface area contributed by atoms with Gasteiger partial charge in [0.25, 0.3) is 16.4 Å². The number of hydrogen-bond acceptors (Lipinski definition) is 5. The van der Waals surface area contributed by atoms with Gasteiger partial charge in [-0.15, -0.1) is 13.2 Å². The number of sulfonamides is 1. The van der Waals surface area contributed by atoms with E-state index in [1.54, 1.807) is 0 Å². The minimum absolute atomic E-state index is 0.376. The van der Waals surface area contributed by atoms with Gasteiger partial charge in [0.15, 0.2) is 5.75 Å². The van der Waals surface area contributed by atoms with E-state index in [9.17, 15) is 30.4 Å². The third-order valence-electron chi connectivity index (χ3n) is 1.96. The standard InChI is InChI=1S/C8H8F5N3O3S/c9-6(10)4-1-3(2-14)16-7(20(15,17)18)5(4)19-8(11,12)13/h1,6H,2,14H2,(H2,15,17,18). The maximum Gasteiger partial charge on any atom is 0.573 e. The monoisotopic (exact) mass is 321 g/mol. The molecule has 0 saturated heterocycles. The van der Waals surface area contributed by atoms with E-state index in [1.807, 2.05) is 0 Å². The Kier molecular flexibility index (Phi) is 4.51. The van der Waals surface area contributed by atoms with Crippen molar-refractivity contribution in [3.63, 3.8) is 0 Å². The van der Waals surface area contributed by atoms with Gasteiger partial charge in [0.1, 0.15) is 0 Å². The van der Waals surface area contributed by atoms with Crippen LogP contribution in [-0.4, -0.2) is 19.8 Å². The van der Waals surface area contributed by atoms with Crippen LogP contribution in [0.15, 0.2) is 11.1 Å². The number of halogens is 5. The Bertz CT molecular complexity index is 602. The lowest BCUT2D eigenvalue weighted by Crippen LogP contribution is -2.24. The van der Waals surface area contributed by atoms with E-state index in [1.165, 1.54) is 0 Å². The minimum Gasteiger partial charge on any atom is -0.402 e. The van der Waals surface area contributed by atoms with Crippen LogP contribution in [0, 0.1) is 0 Å². The highest BCUT2D eigenvalue weighted by Gasteiger charge is 2.37. The molecule has 0 radical (unpaired) electrons. The number of primary sulfonamides is 1. The van der Waals surface area contributed by atoms with Gasteiger partial charge in [-0.25, -0.2) is 27.3 Å². The second kappa shape index (κ2) is 5.46. The summed E-state index contributed by atoms with van der Waals surface area (Å²) in [7, 11) is -4.82. The lowest BCUT2D eigenvalue weighted by Gasteiger charge is -2.16. The number of nitrogens with two attached hydrogens (primary N) is 2. The van der Waals surface area contributed by atoms with Crippen LogP contribution in [0.4, 0.5) is 22.0 Å². The van der Waals surface area contributed by atoms with Crippen molar-refractivity contribution in [2.75, 3.05) is 0 Å². The number of pyridine rings is 1. The normalized spacial score (nSPS) is 12.8. The van der Waals surface area contributed by atoms with E-state index in [2.05, 4.69) is 14.9 Å². The van der Waals surface area contributed by atoms with Crippen LogP contribution in [0.3, 0.4) is 0 Å². The molecule has 20 heavy (non-hydrogen) atoms. The number of nitrogens with zero attached hydrogens (tertiary/aromatic N) is 1. The highest BCUT2D eigenvalue weighted by atomic mass is 32.2. The summed E-state index contributed by atoms with van der Waals surface area (Å²) in [4.78, 5) is 3.19. The Balaban J connectivity index is 3.65. The Labute approximate surface area is 109 Å². The van der Waals surface area contributed by atoms with Gasteiger partial charge in [0, 0.05) is 6.54 Å². The minimum atomic E-state index is -5.39. The fourth-order valence-electron chi connectivity index (χ4n) is 1.26. The van der Waals surface area contributed by atoms with Crippen molar-refractivity contribution in [1.29, 1.82) is 0 Å². The first-order valence-electron chi connectivity index (χ1n) is 4.76.